The number of benzene rings is 1. The van der Waals surface area contributed by atoms with Crippen LogP contribution in [0.3, 0.4) is 0 Å². The van der Waals surface area contributed by atoms with Crippen molar-refractivity contribution in [2.24, 2.45) is 5.10 Å². The number of pyridine rings is 1. The number of anilines is 1. The van der Waals surface area contributed by atoms with Crippen LogP contribution in [0.5, 0.6) is 5.75 Å². The van der Waals surface area contributed by atoms with E-state index in [1.807, 2.05) is 31.2 Å². The second kappa shape index (κ2) is 9.07. The van der Waals surface area contributed by atoms with Gasteiger partial charge in [0, 0.05) is 5.71 Å². The summed E-state index contributed by atoms with van der Waals surface area (Å²) in [5.41, 5.74) is 9.82. The van der Waals surface area contributed by atoms with Crippen LogP contribution < -0.4 is 15.9 Å². The number of aromatic nitrogens is 1. The van der Waals surface area contributed by atoms with Gasteiger partial charge in [-0.2, -0.15) is 5.10 Å². The van der Waals surface area contributed by atoms with E-state index in [1.165, 1.54) is 0 Å². The summed E-state index contributed by atoms with van der Waals surface area (Å²) in [5, 5.41) is 3.89. The number of amides is 1. The second-order valence-electron chi connectivity index (χ2n) is 5.43. The minimum atomic E-state index is -0.621. The molecule has 0 saturated heterocycles. The molecule has 3 N–H and O–H groups in total. The highest BCUT2D eigenvalue weighted by molar-refractivity contribution is 6.46. The zero-order valence-corrected chi connectivity index (χ0v) is 16.4. The van der Waals surface area contributed by atoms with Crippen LogP contribution in [0.25, 0.3) is 0 Å². The largest absolute Gasteiger partial charge is 0.497 e. The van der Waals surface area contributed by atoms with Gasteiger partial charge in [0.2, 0.25) is 0 Å². The second-order valence-corrected chi connectivity index (χ2v) is 6.54. The Balaban J connectivity index is 1.98. The summed E-state index contributed by atoms with van der Waals surface area (Å²) in [4.78, 5) is 16.0. The zero-order valence-electron chi connectivity index (χ0n) is 14.1. The molecule has 0 spiro atoms. The topological polar surface area (TPSA) is 89.6 Å². The average Bonchev–Trinajstić information content (AvgIpc) is 2.65. The molecule has 0 aliphatic rings. The number of ether oxygens (including phenoxy) is 1. The molecule has 0 aliphatic heterocycles. The first-order chi connectivity index (χ1) is 12.3. The predicted octanol–water partition coefficient (Wildman–Crippen LogP) is 4.37. The van der Waals surface area contributed by atoms with Gasteiger partial charge in [-0.05, 0) is 37.5 Å². The highest BCUT2D eigenvalue weighted by Crippen LogP contribution is 2.34. The number of nitrogens with zero attached hydrogens (tertiary/aromatic N) is 2. The summed E-state index contributed by atoms with van der Waals surface area (Å²) in [5.74, 6) is 0.181. The molecule has 0 fully saturated rings. The van der Waals surface area contributed by atoms with E-state index in [2.05, 4.69) is 15.5 Å². The maximum atomic E-state index is 12.2. The first-order valence-corrected chi connectivity index (χ1v) is 8.73. The number of nitrogens with one attached hydrogen (secondary N) is 1. The van der Waals surface area contributed by atoms with Gasteiger partial charge in [0.05, 0.1) is 17.8 Å². The van der Waals surface area contributed by atoms with Crippen LogP contribution in [0.15, 0.2) is 29.4 Å². The molecular formula is C17H17Cl3N4O2. The molecule has 2 rings (SSSR count). The maximum absolute atomic E-state index is 12.2. The van der Waals surface area contributed by atoms with Crippen LogP contribution in [0.4, 0.5) is 5.69 Å². The number of aryl methyl sites for hydroxylation is 1. The standard InChI is InChI=1S/C17H17Cl3N4O2/c1-9(3-4-10-5-7-11(26-2)8-6-10)23-24-17(25)15-12(18)14(21)13(19)16(20)22-15/h5-8H,3-4H2,1-2H3,(H2,21,22)(H,24,25)/b23-9-. The predicted molar refractivity (Wildman–Crippen MR) is 106 cm³/mol. The van der Waals surface area contributed by atoms with E-state index < -0.39 is 5.91 Å². The lowest BCUT2D eigenvalue weighted by atomic mass is 10.1. The molecule has 6 nitrogen and oxygen atoms in total. The Morgan fingerprint density at radius 2 is 1.88 bits per heavy atom. The van der Waals surface area contributed by atoms with Crippen molar-refractivity contribution in [3.8, 4) is 5.75 Å². The molecule has 2 aromatic rings. The van der Waals surface area contributed by atoms with Crippen LogP contribution in [-0.2, 0) is 6.42 Å². The Kier molecular flexibility index (Phi) is 7.08. The van der Waals surface area contributed by atoms with Gasteiger partial charge >= 0.3 is 0 Å². The van der Waals surface area contributed by atoms with Gasteiger partial charge in [0.1, 0.15) is 10.8 Å². The lowest BCUT2D eigenvalue weighted by molar-refractivity contribution is 0.0950. The number of hydrogen-bond acceptors (Lipinski definition) is 5. The van der Waals surface area contributed by atoms with Crippen molar-refractivity contribution in [1.82, 2.24) is 10.4 Å². The highest BCUT2D eigenvalue weighted by Gasteiger charge is 2.19. The minimum Gasteiger partial charge on any atom is -0.497 e. The SMILES string of the molecule is COc1ccc(CC/C(C)=N\NC(=O)c2nc(Cl)c(Cl)c(N)c2Cl)cc1. The first-order valence-electron chi connectivity index (χ1n) is 7.60. The van der Waals surface area contributed by atoms with Gasteiger partial charge in [-0.3, -0.25) is 4.79 Å². The van der Waals surface area contributed by atoms with E-state index >= 15 is 0 Å². The number of halogens is 3. The Labute approximate surface area is 166 Å². The van der Waals surface area contributed by atoms with Crippen molar-refractivity contribution in [3.05, 3.63) is 50.7 Å². The maximum Gasteiger partial charge on any atom is 0.291 e. The number of carbonyl (C=O) groups excluding carboxylic acids is 1. The molecule has 0 bridgehead atoms. The van der Waals surface area contributed by atoms with Gasteiger partial charge in [-0.15, -0.1) is 0 Å². The van der Waals surface area contributed by atoms with Crippen LogP contribution in [0.1, 0.15) is 29.4 Å². The number of methoxy groups -OCH3 is 1. The molecule has 1 aromatic carbocycles. The summed E-state index contributed by atoms with van der Waals surface area (Å²) in [7, 11) is 1.62. The van der Waals surface area contributed by atoms with Gasteiger partial charge in [-0.25, -0.2) is 10.4 Å². The van der Waals surface area contributed by atoms with Crippen LogP contribution in [0.2, 0.25) is 15.2 Å². The fourth-order valence-electron chi connectivity index (χ4n) is 2.05. The van der Waals surface area contributed by atoms with Crippen molar-refractivity contribution in [1.29, 1.82) is 0 Å². The summed E-state index contributed by atoms with van der Waals surface area (Å²) < 4.78 is 5.12. The summed E-state index contributed by atoms with van der Waals surface area (Å²) in [6.45, 7) is 1.81. The average molecular weight is 416 g/mol. The molecule has 1 amide bonds. The molecule has 0 atom stereocenters. The third kappa shape index (κ3) is 5.00. The Hall–Kier alpha value is -2.02. The van der Waals surface area contributed by atoms with Gasteiger partial charge < -0.3 is 10.5 Å². The lowest BCUT2D eigenvalue weighted by Gasteiger charge is -2.08. The molecule has 0 aliphatic carbocycles. The van der Waals surface area contributed by atoms with Crippen LogP contribution in [0, 0.1) is 0 Å². The van der Waals surface area contributed by atoms with Crippen molar-refractivity contribution in [2.75, 3.05) is 12.8 Å². The molecule has 1 aromatic heterocycles. The summed E-state index contributed by atoms with van der Waals surface area (Å²) in [6.07, 6.45) is 1.44. The zero-order chi connectivity index (χ0) is 19.3. The summed E-state index contributed by atoms with van der Waals surface area (Å²) in [6, 6.07) is 7.75. The van der Waals surface area contributed by atoms with Crippen LogP contribution >= 0.6 is 34.8 Å². The number of rotatable bonds is 6. The molecular weight excluding hydrogens is 399 g/mol. The van der Waals surface area contributed by atoms with Gasteiger partial charge in [0.25, 0.3) is 5.91 Å². The van der Waals surface area contributed by atoms with E-state index in [0.29, 0.717) is 6.42 Å². The molecule has 0 radical (unpaired) electrons. The molecule has 1 heterocycles. The number of carbonyl (C=O) groups is 1. The molecule has 9 heteroatoms. The molecule has 0 unspecified atom stereocenters. The molecule has 26 heavy (non-hydrogen) atoms. The fraction of sp³-hybridized carbons (Fsp3) is 0.235. The van der Waals surface area contributed by atoms with Crippen molar-refractivity contribution in [2.45, 2.75) is 19.8 Å². The minimum absolute atomic E-state index is 0.00121. The first kappa shape index (κ1) is 20.3. The number of hydrogen-bond donors (Lipinski definition) is 2. The summed E-state index contributed by atoms with van der Waals surface area (Å²) >= 11 is 17.7. The highest BCUT2D eigenvalue weighted by atomic mass is 35.5. The number of nitrogen functional groups attached to an aromatic ring is 1. The van der Waals surface area contributed by atoms with Crippen molar-refractivity contribution >= 4 is 52.1 Å². The molecule has 0 saturated carbocycles. The van der Waals surface area contributed by atoms with E-state index in [1.54, 1.807) is 7.11 Å². The van der Waals surface area contributed by atoms with Gasteiger partial charge in [0.15, 0.2) is 10.8 Å². The smallest absolute Gasteiger partial charge is 0.291 e. The quantitative estimate of drug-likeness (QED) is 0.416. The molecule has 138 valence electrons. The van der Waals surface area contributed by atoms with E-state index in [9.17, 15) is 4.79 Å². The fourth-order valence-corrected chi connectivity index (χ4v) is 2.65. The van der Waals surface area contributed by atoms with Crippen molar-refractivity contribution in [3.63, 3.8) is 0 Å². The monoisotopic (exact) mass is 414 g/mol. The van der Waals surface area contributed by atoms with E-state index in [4.69, 9.17) is 45.3 Å². The van der Waals surface area contributed by atoms with Gasteiger partial charge in [-0.1, -0.05) is 46.9 Å². The van der Waals surface area contributed by atoms with Crippen LogP contribution in [-0.4, -0.2) is 23.7 Å². The van der Waals surface area contributed by atoms with E-state index in [0.717, 1.165) is 23.4 Å². The van der Waals surface area contributed by atoms with E-state index in [-0.39, 0.29) is 26.6 Å². The number of hydrazone groups is 1. The third-order valence-electron chi connectivity index (χ3n) is 3.57. The Bertz CT molecular complexity index is 839. The normalized spacial score (nSPS) is 11.3. The van der Waals surface area contributed by atoms with Crippen molar-refractivity contribution < 1.29 is 9.53 Å². The number of nitrogens with two attached hydrogens (primary N) is 1. The third-order valence-corrected chi connectivity index (χ3v) is 4.71. The Morgan fingerprint density at radius 3 is 2.50 bits per heavy atom. The lowest BCUT2D eigenvalue weighted by Crippen LogP contribution is -2.21. The Morgan fingerprint density at radius 1 is 1.23 bits per heavy atom.